The third-order valence-corrected chi connectivity index (χ3v) is 4.94. The Balaban J connectivity index is 2.81. The lowest BCUT2D eigenvalue weighted by Gasteiger charge is -2.20. The molecule has 2 unspecified atom stereocenters. The van der Waals surface area contributed by atoms with E-state index < -0.39 is 10.0 Å². The van der Waals surface area contributed by atoms with E-state index >= 15 is 0 Å². The fourth-order valence-corrected chi connectivity index (χ4v) is 2.86. The average Bonchev–Trinajstić information content (AvgIpc) is 2.38. The van der Waals surface area contributed by atoms with E-state index in [9.17, 15) is 8.42 Å². The Morgan fingerprint density at radius 3 is 2.20 bits per heavy atom. The van der Waals surface area contributed by atoms with Crippen LogP contribution in [0.2, 0.25) is 0 Å². The predicted molar refractivity (Wildman–Crippen MR) is 80.2 cm³/mol. The van der Waals surface area contributed by atoms with Gasteiger partial charge in [-0.05, 0) is 31.5 Å². The van der Waals surface area contributed by atoms with Crippen molar-refractivity contribution < 1.29 is 13.2 Å². The van der Waals surface area contributed by atoms with Crippen LogP contribution in [0.5, 0.6) is 0 Å². The van der Waals surface area contributed by atoms with Crippen LogP contribution in [0.15, 0.2) is 29.2 Å². The van der Waals surface area contributed by atoms with Gasteiger partial charge in [0.15, 0.2) is 0 Å². The largest absolute Gasteiger partial charge is 0.383 e. The molecule has 6 heteroatoms. The molecule has 20 heavy (non-hydrogen) atoms. The van der Waals surface area contributed by atoms with Crippen LogP contribution in [0.4, 0.5) is 0 Å². The van der Waals surface area contributed by atoms with Crippen molar-refractivity contribution in [2.24, 2.45) is 0 Å². The van der Waals surface area contributed by atoms with Crippen LogP contribution < -0.4 is 5.32 Å². The number of ether oxygens (including phenoxy) is 1. The number of nitrogens with zero attached hydrogens (tertiary/aromatic N) is 1. The summed E-state index contributed by atoms with van der Waals surface area (Å²) in [4.78, 5) is 0.309. The zero-order chi connectivity index (χ0) is 15.3. The van der Waals surface area contributed by atoms with Gasteiger partial charge in [-0.2, -0.15) is 0 Å². The van der Waals surface area contributed by atoms with Gasteiger partial charge in [0, 0.05) is 33.3 Å². The van der Waals surface area contributed by atoms with Gasteiger partial charge >= 0.3 is 0 Å². The molecule has 114 valence electrons. The number of nitrogens with one attached hydrogen (secondary N) is 1. The highest BCUT2D eigenvalue weighted by Gasteiger charge is 2.17. The summed E-state index contributed by atoms with van der Waals surface area (Å²) in [5, 5.41) is 3.39. The second-order valence-electron chi connectivity index (χ2n) is 5.10. The van der Waals surface area contributed by atoms with E-state index in [1.807, 2.05) is 26.0 Å². The number of rotatable bonds is 7. The molecule has 1 aromatic rings. The van der Waals surface area contributed by atoms with Crippen molar-refractivity contribution in [3.63, 3.8) is 0 Å². The summed E-state index contributed by atoms with van der Waals surface area (Å²) >= 11 is 0. The van der Waals surface area contributed by atoms with Gasteiger partial charge in [-0.1, -0.05) is 12.1 Å². The van der Waals surface area contributed by atoms with Crippen LogP contribution in [0.3, 0.4) is 0 Å². The van der Waals surface area contributed by atoms with Gasteiger partial charge in [0.05, 0.1) is 11.5 Å². The average molecular weight is 300 g/mol. The van der Waals surface area contributed by atoms with Gasteiger partial charge in [-0.25, -0.2) is 12.7 Å². The van der Waals surface area contributed by atoms with Crippen molar-refractivity contribution >= 4 is 10.0 Å². The number of methoxy groups -OCH3 is 1. The van der Waals surface area contributed by atoms with E-state index in [-0.39, 0.29) is 12.1 Å². The van der Waals surface area contributed by atoms with Crippen LogP contribution in [0.1, 0.15) is 25.5 Å². The number of sulfonamides is 1. The van der Waals surface area contributed by atoms with Crippen LogP contribution in [-0.2, 0) is 14.8 Å². The van der Waals surface area contributed by atoms with E-state index in [0.29, 0.717) is 11.5 Å². The quantitative estimate of drug-likeness (QED) is 0.831. The van der Waals surface area contributed by atoms with E-state index in [1.54, 1.807) is 19.2 Å². The maximum atomic E-state index is 12.0. The van der Waals surface area contributed by atoms with Crippen molar-refractivity contribution in [3.8, 4) is 0 Å². The van der Waals surface area contributed by atoms with Crippen molar-refractivity contribution in [1.29, 1.82) is 0 Å². The minimum atomic E-state index is -3.36. The lowest BCUT2D eigenvalue weighted by Crippen LogP contribution is -2.32. The Bertz CT molecular complexity index is 512. The smallest absolute Gasteiger partial charge is 0.242 e. The third-order valence-electron chi connectivity index (χ3n) is 3.11. The minimum Gasteiger partial charge on any atom is -0.383 e. The minimum absolute atomic E-state index is 0.135. The van der Waals surface area contributed by atoms with Crippen molar-refractivity contribution in [3.05, 3.63) is 29.8 Å². The third kappa shape index (κ3) is 4.28. The lowest BCUT2D eigenvalue weighted by atomic mass is 10.1. The highest BCUT2D eigenvalue weighted by Crippen LogP contribution is 2.18. The van der Waals surface area contributed by atoms with E-state index in [2.05, 4.69) is 5.32 Å². The molecular weight excluding hydrogens is 276 g/mol. The topological polar surface area (TPSA) is 58.6 Å². The standard InChI is InChI=1S/C14H24N2O3S/c1-11(10-19-5)15-12(2)13-6-8-14(9-7-13)20(17,18)16(3)4/h6-9,11-12,15H,10H2,1-5H3. The first-order valence-corrected chi connectivity index (χ1v) is 8.00. The molecule has 0 aliphatic rings. The summed E-state index contributed by atoms with van der Waals surface area (Å²) in [6.07, 6.45) is 0. The molecule has 0 saturated carbocycles. The number of benzene rings is 1. The Morgan fingerprint density at radius 1 is 1.20 bits per heavy atom. The Labute approximate surface area is 122 Å². The van der Waals surface area contributed by atoms with E-state index in [4.69, 9.17) is 4.74 Å². The molecule has 0 heterocycles. The summed E-state index contributed by atoms with van der Waals surface area (Å²) in [5.41, 5.74) is 1.05. The molecule has 1 rings (SSSR count). The summed E-state index contributed by atoms with van der Waals surface area (Å²) in [5.74, 6) is 0. The maximum absolute atomic E-state index is 12.0. The molecule has 1 aromatic carbocycles. The SMILES string of the molecule is COCC(C)NC(C)c1ccc(S(=O)(=O)N(C)C)cc1. The molecule has 0 spiro atoms. The van der Waals surface area contributed by atoms with E-state index in [1.165, 1.54) is 18.4 Å². The molecule has 2 atom stereocenters. The van der Waals surface area contributed by atoms with Gasteiger partial charge in [0.1, 0.15) is 0 Å². The normalized spacial score (nSPS) is 15.3. The zero-order valence-electron chi connectivity index (χ0n) is 12.8. The molecule has 0 aliphatic heterocycles. The molecule has 0 bridgehead atoms. The monoisotopic (exact) mass is 300 g/mol. The zero-order valence-corrected chi connectivity index (χ0v) is 13.6. The fraction of sp³-hybridized carbons (Fsp3) is 0.571. The lowest BCUT2D eigenvalue weighted by molar-refractivity contribution is 0.167. The molecular formula is C14H24N2O3S. The summed E-state index contributed by atoms with van der Waals surface area (Å²) < 4.78 is 30.2. The van der Waals surface area contributed by atoms with Gasteiger partial charge in [0.25, 0.3) is 0 Å². The van der Waals surface area contributed by atoms with Crippen molar-refractivity contribution in [2.45, 2.75) is 30.8 Å². The first kappa shape index (κ1) is 17.1. The van der Waals surface area contributed by atoms with Crippen LogP contribution in [0, 0.1) is 0 Å². The fourth-order valence-electron chi connectivity index (χ4n) is 1.96. The van der Waals surface area contributed by atoms with Gasteiger partial charge in [-0.3, -0.25) is 0 Å². The molecule has 1 N–H and O–H groups in total. The molecule has 0 fully saturated rings. The van der Waals surface area contributed by atoms with Crippen LogP contribution >= 0.6 is 0 Å². The summed E-state index contributed by atoms with van der Waals surface area (Å²) in [7, 11) is 1.37. The molecule has 0 amide bonds. The molecule has 0 radical (unpaired) electrons. The Morgan fingerprint density at radius 2 is 1.75 bits per heavy atom. The summed E-state index contributed by atoms with van der Waals surface area (Å²) in [6, 6.07) is 7.34. The van der Waals surface area contributed by atoms with Gasteiger partial charge in [-0.15, -0.1) is 0 Å². The first-order valence-electron chi connectivity index (χ1n) is 6.56. The number of hydrogen-bond acceptors (Lipinski definition) is 4. The highest BCUT2D eigenvalue weighted by molar-refractivity contribution is 7.89. The second kappa shape index (κ2) is 7.17. The summed E-state index contributed by atoms with van der Waals surface area (Å²) in [6.45, 7) is 4.73. The first-order chi connectivity index (χ1) is 9.28. The Hall–Kier alpha value is -0.950. The molecule has 5 nitrogen and oxygen atoms in total. The van der Waals surface area contributed by atoms with Gasteiger partial charge in [0.2, 0.25) is 10.0 Å². The molecule has 0 aliphatic carbocycles. The molecule has 0 saturated heterocycles. The highest BCUT2D eigenvalue weighted by atomic mass is 32.2. The van der Waals surface area contributed by atoms with E-state index in [0.717, 1.165) is 5.56 Å². The van der Waals surface area contributed by atoms with Crippen molar-refractivity contribution in [2.75, 3.05) is 27.8 Å². The van der Waals surface area contributed by atoms with Gasteiger partial charge < -0.3 is 10.1 Å². The number of hydrogen-bond donors (Lipinski definition) is 1. The Kier molecular flexibility index (Phi) is 6.13. The maximum Gasteiger partial charge on any atom is 0.242 e. The predicted octanol–water partition coefficient (Wildman–Crippen LogP) is 1.62. The van der Waals surface area contributed by atoms with Crippen LogP contribution in [0.25, 0.3) is 0 Å². The second-order valence-corrected chi connectivity index (χ2v) is 7.25. The van der Waals surface area contributed by atoms with Crippen LogP contribution in [-0.4, -0.2) is 46.6 Å². The molecule has 0 aromatic heterocycles. The van der Waals surface area contributed by atoms with Crippen molar-refractivity contribution in [1.82, 2.24) is 9.62 Å².